The molecule has 1 fully saturated rings. The van der Waals surface area contributed by atoms with Gasteiger partial charge in [0, 0.05) is 18.5 Å². The quantitative estimate of drug-likeness (QED) is 0.741. The first-order chi connectivity index (χ1) is 10.5. The van der Waals surface area contributed by atoms with Crippen molar-refractivity contribution in [3.05, 3.63) is 29.8 Å². The van der Waals surface area contributed by atoms with Gasteiger partial charge >= 0.3 is 11.8 Å². The Bertz CT molecular complexity index is 566. The number of benzene rings is 1. The molecule has 2 atom stereocenters. The molecule has 22 heavy (non-hydrogen) atoms. The number of nitrogens with one attached hydrogen (secondary N) is 2. The highest BCUT2D eigenvalue weighted by molar-refractivity contribution is 6.39. The summed E-state index contributed by atoms with van der Waals surface area (Å²) in [6.45, 7) is 0.180. The van der Waals surface area contributed by atoms with E-state index in [1.165, 1.54) is 0 Å². The Morgan fingerprint density at radius 2 is 1.91 bits per heavy atom. The minimum absolute atomic E-state index is 0.0867. The number of halogens is 2. The summed E-state index contributed by atoms with van der Waals surface area (Å²) in [5.74, 6) is -3.65. The van der Waals surface area contributed by atoms with Crippen molar-refractivity contribution in [2.24, 2.45) is 5.92 Å². The van der Waals surface area contributed by atoms with Crippen molar-refractivity contribution >= 4 is 17.5 Å². The SMILES string of the molecule is O=C(NC[C@H]1CCCC[C@@H]1O)C(=O)Nc1cc(F)ccc1F. The Hall–Kier alpha value is -2.02. The first-order valence-electron chi connectivity index (χ1n) is 7.19. The molecular formula is C15H18F2N2O3. The summed E-state index contributed by atoms with van der Waals surface area (Å²) in [7, 11) is 0. The molecule has 0 saturated heterocycles. The van der Waals surface area contributed by atoms with Crippen LogP contribution in [0.1, 0.15) is 25.7 Å². The number of anilines is 1. The monoisotopic (exact) mass is 312 g/mol. The van der Waals surface area contributed by atoms with Crippen LogP contribution in [-0.4, -0.2) is 29.6 Å². The summed E-state index contributed by atoms with van der Waals surface area (Å²) in [5.41, 5.74) is -0.391. The molecule has 1 aliphatic carbocycles. The van der Waals surface area contributed by atoms with Crippen LogP contribution in [0.25, 0.3) is 0 Å². The van der Waals surface area contributed by atoms with Gasteiger partial charge in [-0.25, -0.2) is 8.78 Å². The maximum Gasteiger partial charge on any atom is 0.313 e. The number of aliphatic hydroxyl groups is 1. The third kappa shape index (κ3) is 4.24. The summed E-state index contributed by atoms with van der Waals surface area (Å²) in [4.78, 5) is 23.3. The van der Waals surface area contributed by atoms with E-state index in [1.54, 1.807) is 0 Å². The summed E-state index contributed by atoms with van der Waals surface area (Å²) in [6, 6.07) is 2.57. The van der Waals surface area contributed by atoms with Gasteiger partial charge in [-0.15, -0.1) is 0 Å². The van der Waals surface area contributed by atoms with Crippen LogP contribution in [0.3, 0.4) is 0 Å². The maximum absolute atomic E-state index is 13.4. The number of rotatable bonds is 3. The number of hydrogen-bond donors (Lipinski definition) is 3. The van der Waals surface area contributed by atoms with Gasteiger partial charge in [0.05, 0.1) is 11.8 Å². The van der Waals surface area contributed by atoms with Crippen molar-refractivity contribution in [3.8, 4) is 0 Å². The average molecular weight is 312 g/mol. The van der Waals surface area contributed by atoms with E-state index in [9.17, 15) is 23.5 Å². The number of aliphatic hydroxyl groups excluding tert-OH is 1. The van der Waals surface area contributed by atoms with Gasteiger partial charge in [-0.1, -0.05) is 12.8 Å². The minimum atomic E-state index is -1.07. The van der Waals surface area contributed by atoms with E-state index in [-0.39, 0.29) is 12.5 Å². The largest absolute Gasteiger partial charge is 0.393 e. The molecule has 0 bridgehead atoms. The van der Waals surface area contributed by atoms with Gasteiger partial charge in [-0.2, -0.15) is 0 Å². The molecule has 0 radical (unpaired) electrons. The zero-order valence-corrected chi connectivity index (χ0v) is 11.9. The van der Waals surface area contributed by atoms with Crippen molar-refractivity contribution in [2.45, 2.75) is 31.8 Å². The Morgan fingerprint density at radius 3 is 2.64 bits per heavy atom. The molecule has 0 aromatic heterocycles. The van der Waals surface area contributed by atoms with Gasteiger partial charge in [-0.3, -0.25) is 9.59 Å². The third-order valence-electron chi connectivity index (χ3n) is 3.78. The fourth-order valence-electron chi connectivity index (χ4n) is 2.50. The molecule has 0 unspecified atom stereocenters. The third-order valence-corrected chi connectivity index (χ3v) is 3.78. The number of amides is 2. The maximum atomic E-state index is 13.4. The van der Waals surface area contributed by atoms with Gasteiger partial charge in [0.25, 0.3) is 0 Å². The molecule has 120 valence electrons. The first kappa shape index (κ1) is 16.4. The van der Waals surface area contributed by atoms with E-state index in [0.717, 1.165) is 37.5 Å². The van der Waals surface area contributed by atoms with Crippen molar-refractivity contribution in [3.63, 3.8) is 0 Å². The van der Waals surface area contributed by atoms with Crippen LogP contribution in [0.15, 0.2) is 18.2 Å². The van der Waals surface area contributed by atoms with Gasteiger partial charge in [0.15, 0.2) is 0 Å². The lowest BCUT2D eigenvalue weighted by Gasteiger charge is -2.27. The lowest BCUT2D eigenvalue weighted by atomic mass is 9.86. The van der Waals surface area contributed by atoms with Crippen LogP contribution < -0.4 is 10.6 Å². The molecule has 1 aromatic carbocycles. The van der Waals surface area contributed by atoms with Crippen LogP contribution in [0.4, 0.5) is 14.5 Å². The predicted octanol–water partition coefficient (Wildman–Crippen LogP) is 1.57. The normalized spacial score (nSPS) is 21.2. The van der Waals surface area contributed by atoms with Gasteiger partial charge in [-0.05, 0) is 25.0 Å². The second-order valence-corrected chi connectivity index (χ2v) is 5.40. The zero-order chi connectivity index (χ0) is 16.1. The molecule has 2 rings (SSSR count). The van der Waals surface area contributed by atoms with Crippen molar-refractivity contribution in [1.82, 2.24) is 5.32 Å². The summed E-state index contributed by atoms with van der Waals surface area (Å²) < 4.78 is 26.4. The number of hydrogen-bond acceptors (Lipinski definition) is 3. The van der Waals surface area contributed by atoms with E-state index in [0.29, 0.717) is 6.42 Å². The summed E-state index contributed by atoms with van der Waals surface area (Å²) >= 11 is 0. The molecule has 0 spiro atoms. The molecule has 1 saturated carbocycles. The molecule has 2 amide bonds. The number of carbonyl (C=O) groups is 2. The average Bonchev–Trinajstić information content (AvgIpc) is 2.49. The van der Waals surface area contributed by atoms with Crippen LogP contribution in [0, 0.1) is 17.6 Å². The molecule has 0 heterocycles. The van der Waals surface area contributed by atoms with Crippen molar-refractivity contribution in [2.75, 3.05) is 11.9 Å². The van der Waals surface area contributed by atoms with Crippen LogP contribution >= 0.6 is 0 Å². The topological polar surface area (TPSA) is 78.4 Å². The molecular weight excluding hydrogens is 294 g/mol. The Morgan fingerprint density at radius 1 is 1.18 bits per heavy atom. The first-order valence-corrected chi connectivity index (χ1v) is 7.19. The highest BCUT2D eigenvalue weighted by Crippen LogP contribution is 2.23. The van der Waals surface area contributed by atoms with Crippen LogP contribution in [-0.2, 0) is 9.59 Å². The highest BCUT2D eigenvalue weighted by atomic mass is 19.1. The van der Waals surface area contributed by atoms with Gasteiger partial charge in [0.1, 0.15) is 11.6 Å². The van der Waals surface area contributed by atoms with Crippen LogP contribution in [0.2, 0.25) is 0 Å². The van der Waals surface area contributed by atoms with Crippen LogP contribution in [0.5, 0.6) is 0 Å². The standard InChI is InChI=1S/C15H18F2N2O3/c16-10-5-6-11(17)12(7-10)19-15(22)14(21)18-8-9-3-1-2-4-13(9)20/h5-7,9,13,20H,1-4,8H2,(H,18,21)(H,19,22)/t9-,13+/m1/s1. The number of carbonyl (C=O) groups excluding carboxylic acids is 2. The van der Waals surface area contributed by atoms with Crippen molar-refractivity contribution in [1.29, 1.82) is 0 Å². The predicted molar refractivity (Wildman–Crippen MR) is 76.0 cm³/mol. The lowest BCUT2D eigenvalue weighted by Crippen LogP contribution is -2.41. The fourth-order valence-corrected chi connectivity index (χ4v) is 2.50. The van der Waals surface area contributed by atoms with Crippen molar-refractivity contribution < 1.29 is 23.5 Å². The lowest BCUT2D eigenvalue weighted by molar-refractivity contribution is -0.136. The fraction of sp³-hybridized carbons (Fsp3) is 0.467. The molecule has 7 heteroatoms. The summed E-state index contributed by atoms with van der Waals surface area (Å²) in [6.07, 6.45) is 2.89. The van der Waals surface area contributed by atoms with Gasteiger partial charge in [0.2, 0.25) is 0 Å². The second-order valence-electron chi connectivity index (χ2n) is 5.40. The molecule has 1 aromatic rings. The Balaban J connectivity index is 1.86. The smallest absolute Gasteiger partial charge is 0.313 e. The zero-order valence-electron chi connectivity index (χ0n) is 11.9. The Labute approximate surface area is 126 Å². The van der Waals surface area contributed by atoms with Gasteiger partial charge < -0.3 is 15.7 Å². The van der Waals surface area contributed by atoms with E-state index in [1.807, 2.05) is 5.32 Å². The molecule has 0 aliphatic heterocycles. The highest BCUT2D eigenvalue weighted by Gasteiger charge is 2.24. The molecule has 5 nitrogen and oxygen atoms in total. The molecule has 1 aliphatic rings. The van der Waals surface area contributed by atoms with E-state index < -0.39 is 35.2 Å². The minimum Gasteiger partial charge on any atom is -0.393 e. The summed E-state index contributed by atoms with van der Waals surface area (Å²) in [5, 5.41) is 14.2. The Kier molecular flexibility index (Phi) is 5.43. The second kappa shape index (κ2) is 7.31. The van der Waals surface area contributed by atoms with E-state index in [4.69, 9.17) is 0 Å². The van der Waals surface area contributed by atoms with E-state index >= 15 is 0 Å². The molecule has 3 N–H and O–H groups in total. The van der Waals surface area contributed by atoms with E-state index in [2.05, 4.69) is 5.32 Å².